The molecule has 0 saturated heterocycles. The first kappa shape index (κ1) is 22.8. The summed E-state index contributed by atoms with van der Waals surface area (Å²) in [6.45, 7) is 6.73. The molecule has 3 aromatic rings. The van der Waals surface area contributed by atoms with Gasteiger partial charge in [0.05, 0.1) is 42.8 Å². The average Bonchev–Trinajstić information content (AvgIpc) is 3.15. The van der Waals surface area contributed by atoms with E-state index in [4.69, 9.17) is 19.2 Å². The van der Waals surface area contributed by atoms with Crippen LogP contribution in [0, 0.1) is 0 Å². The van der Waals surface area contributed by atoms with E-state index < -0.39 is 0 Å². The van der Waals surface area contributed by atoms with Crippen molar-refractivity contribution in [3.8, 4) is 11.4 Å². The van der Waals surface area contributed by atoms with Crippen molar-refractivity contribution in [1.82, 2.24) is 9.55 Å². The standard InChI is InChI=1S/C23H26N2O5S2/c1-5-23(3)11-16-17(12-30-23)32-20-19(16)21(27)25(14-7-9-15(28-4)10-8-14)22(24-20)31-13-18(26)29-6-2/h7-10H,5-6,11-13H2,1-4H3. The van der Waals surface area contributed by atoms with Gasteiger partial charge in [-0.25, -0.2) is 4.98 Å². The lowest BCUT2D eigenvalue weighted by molar-refractivity contribution is -0.139. The molecular weight excluding hydrogens is 448 g/mol. The minimum absolute atomic E-state index is 0.0735. The number of nitrogens with zero attached hydrogens (tertiary/aromatic N) is 2. The molecule has 1 unspecified atom stereocenters. The SMILES string of the molecule is CCOC(=O)CSc1nc2sc3c(c2c(=O)n1-c1ccc(OC)cc1)CC(C)(CC)OC3. The van der Waals surface area contributed by atoms with Crippen molar-refractivity contribution in [2.45, 2.75) is 51.0 Å². The van der Waals surface area contributed by atoms with E-state index in [0.717, 1.165) is 16.9 Å². The Morgan fingerprint density at radius 1 is 1.31 bits per heavy atom. The van der Waals surface area contributed by atoms with Gasteiger partial charge < -0.3 is 14.2 Å². The summed E-state index contributed by atoms with van der Waals surface area (Å²) >= 11 is 2.70. The molecule has 7 nitrogen and oxygen atoms in total. The highest BCUT2D eigenvalue weighted by Gasteiger charge is 2.33. The van der Waals surface area contributed by atoms with Gasteiger partial charge in [0.2, 0.25) is 0 Å². The molecule has 9 heteroatoms. The number of hydrogen-bond donors (Lipinski definition) is 0. The van der Waals surface area contributed by atoms with E-state index >= 15 is 0 Å². The molecule has 1 aliphatic rings. The number of rotatable bonds is 7. The third-order valence-electron chi connectivity index (χ3n) is 5.68. The van der Waals surface area contributed by atoms with Gasteiger partial charge in [0, 0.05) is 11.3 Å². The molecule has 0 bridgehead atoms. The van der Waals surface area contributed by atoms with Crippen LogP contribution in [-0.2, 0) is 27.3 Å². The van der Waals surface area contributed by atoms with Crippen LogP contribution >= 0.6 is 23.1 Å². The quantitative estimate of drug-likeness (QED) is 0.286. The highest BCUT2D eigenvalue weighted by Crippen LogP contribution is 2.39. The number of carbonyl (C=O) groups excluding carboxylic acids is 1. The zero-order valence-electron chi connectivity index (χ0n) is 18.6. The Morgan fingerprint density at radius 2 is 2.06 bits per heavy atom. The van der Waals surface area contributed by atoms with Gasteiger partial charge >= 0.3 is 5.97 Å². The number of benzene rings is 1. The molecule has 0 N–H and O–H groups in total. The number of thioether (sulfide) groups is 1. The van der Waals surface area contributed by atoms with Crippen molar-refractivity contribution in [3.63, 3.8) is 0 Å². The predicted molar refractivity (Wildman–Crippen MR) is 126 cm³/mol. The minimum atomic E-state index is -0.342. The molecular formula is C23H26N2O5S2. The van der Waals surface area contributed by atoms with Crippen LogP contribution in [0.5, 0.6) is 5.75 Å². The fourth-order valence-electron chi connectivity index (χ4n) is 3.71. The zero-order valence-corrected chi connectivity index (χ0v) is 20.2. The lowest BCUT2D eigenvalue weighted by atomic mass is 9.90. The maximum Gasteiger partial charge on any atom is 0.316 e. The Hall–Kier alpha value is -2.36. The summed E-state index contributed by atoms with van der Waals surface area (Å²) < 4.78 is 18.0. The number of thiophene rings is 1. The number of hydrogen-bond acceptors (Lipinski definition) is 8. The number of carbonyl (C=O) groups is 1. The topological polar surface area (TPSA) is 79.7 Å². The van der Waals surface area contributed by atoms with Gasteiger partial charge in [-0.05, 0) is 50.1 Å². The van der Waals surface area contributed by atoms with Crippen LogP contribution in [0.4, 0.5) is 0 Å². The molecule has 2 aromatic heterocycles. The van der Waals surface area contributed by atoms with Crippen LogP contribution in [-0.4, -0.2) is 40.6 Å². The summed E-state index contributed by atoms with van der Waals surface area (Å²) in [6.07, 6.45) is 1.53. The molecule has 4 rings (SSSR count). The molecule has 0 fully saturated rings. The smallest absolute Gasteiger partial charge is 0.316 e. The normalized spacial score (nSPS) is 17.9. The summed E-state index contributed by atoms with van der Waals surface area (Å²) in [4.78, 5) is 32.3. The van der Waals surface area contributed by atoms with Crippen molar-refractivity contribution >= 4 is 39.3 Å². The first-order valence-electron chi connectivity index (χ1n) is 10.5. The number of fused-ring (bicyclic) bond motifs is 3. The first-order chi connectivity index (χ1) is 15.4. The second-order valence-electron chi connectivity index (χ2n) is 7.78. The largest absolute Gasteiger partial charge is 0.497 e. The molecule has 0 aliphatic carbocycles. The van der Waals surface area contributed by atoms with Crippen molar-refractivity contribution in [2.75, 3.05) is 19.5 Å². The maximum atomic E-state index is 13.8. The summed E-state index contributed by atoms with van der Waals surface area (Å²) in [5, 5.41) is 1.10. The maximum absolute atomic E-state index is 13.8. The van der Waals surface area contributed by atoms with Gasteiger partial charge in [-0.15, -0.1) is 11.3 Å². The Labute approximate surface area is 194 Å². The lowest BCUT2D eigenvalue weighted by Gasteiger charge is -2.32. The van der Waals surface area contributed by atoms with Crippen LogP contribution in [0.15, 0.2) is 34.2 Å². The Bertz CT molecular complexity index is 1200. The Balaban J connectivity index is 1.87. The second-order valence-corrected chi connectivity index (χ2v) is 9.81. The van der Waals surface area contributed by atoms with E-state index in [-0.39, 0.29) is 22.9 Å². The van der Waals surface area contributed by atoms with Gasteiger partial charge in [0.15, 0.2) is 5.16 Å². The monoisotopic (exact) mass is 474 g/mol. The van der Waals surface area contributed by atoms with Crippen molar-refractivity contribution in [1.29, 1.82) is 0 Å². The second kappa shape index (κ2) is 9.25. The highest BCUT2D eigenvalue weighted by atomic mass is 32.2. The third kappa shape index (κ3) is 4.29. The molecule has 0 radical (unpaired) electrons. The van der Waals surface area contributed by atoms with Gasteiger partial charge in [-0.1, -0.05) is 18.7 Å². The van der Waals surface area contributed by atoms with Crippen LogP contribution in [0.25, 0.3) is 15.9 Å². The van der Waals surface area contributed by atoms with Crippen LogP contribution in [0.3, 0.4) is 0 Å². The molecule has 1 aliphatic heterocycles. The van der Waals surface area contributed by atoms with Crippen molar-refractivity contribution in [3.05, 3.63) is 45.1 Å². The van der Waals surface area contributed by atoms with E-state index in [2.05, 4.69) is 13.8 Å². The Kier molecular flexibility index (Phi) is 6.60. The number of aromatic nitrogens is 2. The Morgan fingerprint density at radius 3 is 2.72 bits per heavy atom. The molecule has 170 valence electrons. The molecule has 0 saturated carbocycles. The molecule has 0 spiro atoms. The summed E-state index contributed by atoms with van der Waals surface area (Å²) in [7, 11) is 1.60. The van der Waals surface area contributed by atoms with E-state index in [1.54, 1.807) is 30.7 Å². The van der Waals surface area contributed by atoms with Crippen LogP contribution < -0.4 is 10.3 Å². The number of ether oxygens (including phenoxy) is 3. The van der Waals surface area contributed by atoms with Gasteiger partial charge in [0.25, 0.3) is 5.56 Å². The fourth-order valence-corrected chi connectivity index (χ4v) is 5.66. The third-order valence-corrected chi connectivity index (χ3v) is 7.69. The summed E-state index contributed by atoms with van der Waals surface area (Å²) in [6, 6.07) is 7.24. The molecule has 1 atom stereocenters. The minimum Gasteiger partial charge on any atom is -0.497 e. The lowest BCUT2D eigenvalue weighted by Crippen LogP contribution is -2.34. The van der Waals surface area contributed by atoms with Gasteiger partial charge in [-0.3, -0.25) is 14.2 Å². The molecule has 32 heavy (non-hydrogen) atoms. The van der Waals surface area contributed by atoms with Crippen molar-refractivity contribution < 1.29 is 19.0 Å². The number of methoxy groups -OCH3 is 1. The predicted octanol–water partition coefficient (Wildman–Crippen LogP) is 4.35. The van der Waals surface area contributed by atoms with E-state index in [0.29, 0.717) is 46.4 Å². The van der Waals surface area contributed by atoms with E-state index in [9.17, 15) is 9.59 Å². The van der Waals surface area contributed by atoms with E-state index in [1.165, 1.54) is 23.1 Å². The summed E-state index contributed by atoms with van der Waals surface area (Å²) in [5.41, 5.74) is 1.27. The van der Waals surface area contributed by atoms with E-state index in [1.807, 2.05) is 12.1 Å². The van der Waals surface area contributed by atoms with Gasteiger partial charge in [0.1, 0.15) is 10.6 Å². The highest BCUT2D eigenvalue weighted by molar-refractivity contribution is 7.99. The molecule has 3 heterocycles. The zero-order chi connectivity index (χ0) is 22.9. The average molecular weight is 475 g/mol. The van der Waals surface area contributed by atoms with Gasteiger partial charge in [-0.2, -0.15) is 0 Å². The molecule has 0 amide bonds. The first-order valence-corrected chi connectivity index (χ1v) is 12.3. The molecule has 1 aromatic carbocycles. The summed E-state index contributed by atoms with van der Waals surface area (Å²) in [5.74, 6) is 0.426. The van der Waals surface area contributed by atoms with Crippen LogP contribution in [0.2, 0.25) is 0 Å². The van der Waals surface area contributed by atoms with Crippen molar-refractivity contribution in [2.24, 2.45) is 0 Å². The number of esters is 1. The van der Waals surface area contributed by atoms with Crippen LogP contribution in [0.1, 0.15) is 37.6 Å². The fraction of sp³-hybridized carbons (Fsp3) is 0.435.